The number of nitrogens with two attached hydrogens (primary N) is 1. The van der Waals surface area contributed by atoms with Crippen LogP contribution in [0.1, 0.15) is 37.3 Å². The molecule has 0 amide bonds. The van der Waals surface area contributed by atoms with E-state index in [0.717, 1.165) is 44.0 Å². The molecule has 1 aliphatic heterocycles. The molecule has 0 bridgehead atoms. The van der Waals surface area contributed by atoms with Crippen molar-refractivity contribution in [1.29, 1.82) is 0 Å². The van der Waals surface area contributed by atoms with E-state index >= 15 is 0 Å². The first-order valence-electron chi connectivity index (χ1n) is 5.73. The minimum absolute atomic E-state index is 0. The molecule has 0 aromatic carbocycles. The second-order valence-electron chi connectivity index (χ2n) is 4.13. The van der Waals surface area contributed by atoms with E-state index in [4.69, 9.17) is 14.9 Å². The van der Waals surface area contributed by atoms with Crippen LogP contribution < -0.4 is 5.73 Å². The van der Waals surface area contributed by atoms with Gasteiger partial charge in [-0.15, -0.1) is 12.4 Å². The molecule has 0 spiro atoms. The second kappa shape index (κ2) is 6.28. The van der Waals surface area contributed by atoms with Gasteiger partial charge in [0, 0.05) is 19.6 Å². The van der Waals surface area contributed by atoms with Gasteiger partial charge in [0.1, 0.15) is 11.5 Å². The molecule has 1 fully saturated rings. The Kier molecular flexibility index (Phi) is 5.32. The number of ether oxygens (including phenoxy) is 1. The summed E-state index contributed by atoms with van der Waals surface area (Å²) in [5, 5.41) is 0. The van der Waals surface area contributed by atoms with Crippen LogP contribution in [0.25, 0.3) is 0 Å². The largest absolute Gasteiger partial charge is 0.464 e. The van der Waals surface area contributed by atoms with Crippen molar-refractivity contribution in [2.45, 2.75) is 32.2 Å². The average molecular weight is 246 g/mol. The highest BCUT2D eigenvalue weighted by Crippen LogP contribution is 2.29. The predicted molar refractivity (Wildman–Crippen MR) is 65.8 cm³/mol. The van der Waals surface area contributed by atoms with Crippen molar-refractivity contribution in [3.05, 3.63) is 23.7 Å². The van der Waals surface area contributed by atoms with Crippen molar-refractivity contribution < 1.29 is 9.15 Å². The van der Waals surface area contributed by atoms with E-state index < -0.39 is 0 Å². The molecule has 92 valence electrons. The van der Waals surface area contributed by atoms with Gasteiger partial charge in [-0.2, -0.15) is 0 Å². The fraction of sp³-hybridized carbons (Fsp3) is 0.667. The SMILES string of the molecule is CCc1ccc([C@H](N)C2CCOCC2)o1.Cl. The Morgan fingerprint density at radius 1 is 1.38 bits per heavy atom. The molecule has 3 nitrogen and oxygen atoms in total. The quantitative estimate of drug-likeness (QED) is 0.891. The molecule has 0 saturated carbocycles. The lowest BCUT2D eigenvalue weighted by Gasteiger charge is -2.26. The van der Waals surface area contributed by atoms with Gasteiger partial charge in [0.05, 0.1) is 6.04 Å². The lowest BCUT2D eigenvalue weighted by Crippen LogP contribution is -2.27. The van der Waals surface area contributed by atoms with Crippen LogP contribution in [0.15, 0.2) is 16.5 Å². The molecule has 0 aliphatic carbocycles. The van der Waals surface area contributed by atoms with E-state index in [2.05, 4.69) is 6.92 Å². The minimum Gasteiger partial charge on any atom is -0.464 e. The van der Waals surface area contributed by atoms with Gasteiger partial charge in [-0.25, -0.2) is 0 Å². The third-order valence-electron chi connectivity index (χ3n) is 3.13. The van der Waals surface area contributed by atoms with Crippen LogP contribution >= 0.6 is 12.4 Å². The Bertz CT molecular complexity index is 308. The number of furan rings is 1. The van der Waals surface area contributed by atoms with Gasteiger partial charge < -0.3 is 14.9 Å². The first-order chi connectivity index (χ1) is 7.31. The summed E-state index contributed by atoms with van der Waals surface area (Å²) in [7, 11) is 0. The number of hydrogen-bond acceptors (Lipinski definition) is 3. The fourth-order valence-electron chi connectivity index (χ4n) is 2.07. The number of rotatable bonds is 3. The number of aryl methyl sites for hydroxylation is 1. The third kappa shape index (κ3) is 3.00. The van der Waals surface area contributed by atoms with Gasteiger partial charge >= 0.3 is 0 Å². The zero-order valence-electron chi connectivity index (χ0n) is 9.65. The van der Waals surface area contributed by atoms with Crippen molar-refractivity contribution in [3.63, 3.8) is 0 Å². The Labute approximate surface area is 103 Å². The molecule has 4 heteroatoms. The molecule has 0 radical (unpaired) electrons. The van der Waals surface area contributed by atoms with Crippen LogP contribution in [0.5, 0.6) is 0 Å². The van der Waals surface area contributed by atoms with Crippen LogP contribution in [0, 0.1) is 5.92 Å². The van der Waals surface area contributed by atoms with Crippen LogP contribution in [0.3, 0.4) is 0 Å². The van der Waals surface area contributed by atoms with E-state index in [1.807, 2.05) is 12.1 Å². The van der Waals surface area contributed by atoms with Crippen molar-refractivity contribution in [1.82, 2.24) is 0 Å². The molecular weight excluding hydrogens is 226 g/mol. The Hall–Kier alpha value is -0.510. The molecule has 2 rings (SSSR count). The maximum Gasteiger partial charge on any atom is 0.121 e. The second-order valence-corrected chi connectivity index (χ2v) is 4.13. The lowest BCUT2D eigenvalue weighted by molar-refractivity contribution is 0.0559. The summed E-state index contributed by atoms with van der Waals surface area (Å²) < 4.78 is 11.0. The molecule has 1 atom stereocenters. The zero-order chi connectivity index (χ0) is 10.7. The Balaban J connectivity index is 0.00000128. The maximum absolute atomic E-state index is 6.19. The van der Waals surface area contributed by atoms with Gasteiger partial charge in [-0.1, -0.05) is 6.92 Å². The Morgan fingerprint density at radius 3 is 2.62 bits per heavy atom. The van der Waals surface area contributed by atoms with Crippen molar-refractivity contribution in [2.24, 2.45) is 11.7 Å². The highest BCUT2D eigenvalue weighted by molar-refractivity contribution is 5.85. The summed E-state index contributed by atoms with van der Waals surface area (Å²) in [6.07, 6.45) is 3.02. The van der Waals surface area contributed by atoms with Crippen LogP contribution in [0.2, 0.25) is 0 Å². The van der Waals surface area contributed by atoms with E-state index in [1.165, 1.54) is 0 Å². The van der Waals surface area contributed by atoms with Crippen molar-refractivity contribution in [2.75, 3.05) is 13.2 Å². The van der Waals surface area contributed by atoms with E-state index in [9.17, 15) is 0 Å². The number of hydrogen-bond donors (Lipinski definition) is 1. The van der Waals surface area contributed by atoms with Gasteiger partial charge in [-0.3, -0.25) is 0 Å². The fourth-order valence-corrected chi connectivity index (χ4v) is 2.07. The average Bonchev–Trinajstić information content (AvgIpc) is 2.78. The normalized spacial score (nSPS) is 19.1. The van der Waals surface area contributed by atoms with Crippen molar-refractivity contribution >= 4 is 12.4 Å². The molecule has 16 heavy (non-hydrogen) atoms. The summed E-state index contributed by atoms with van der Waals surface area (Å²) in [5.74, 6) is 2.46. The molecule has 0 unspecified atom stereocenters. The van der Waals surface area contributed by atoms with Gasteiger partial charge in [-0.05, 0) is 30.9 Å². The first kappa shape index (κ1) is 13.6. The van der Waals surface area contributed by atoms with Gasteiger partial charge in [0.15, 0.2) is 0 Å². The molecule has 2 heterocycles. The topological polar surface area (TPSA) is 48.4 Å². The van der Waals surface area contributed by atoms with Gasteiger partial charge in [0.2, 0.25) is 0 Å². The first-order valence-corrected chi connectivity index (χ1v) is 5.73. The highest BCUT2D eigenvalue weighted by Gasteiger charge is 2.24. The molecule has 1 saturated heterocycles. The molecule has 1 aliphatic rings. The molecule has 1 aromatic heterocycles. The molecule has 1 aromatic rings. The van der Waals surface area contributed by atoms with Gasteiger partial charge in [0.25, 0.3) is 0 Å². The predicted octanol–water partition coefficient (Wildman–Crippen LogP) is 2.69. The maximum atomic E-state index is 6.19. The minimum atomic E-state index is 0. The smallest absolute Gasteiger partial charge is 0.121 e. The summed E-state index contributed by atoms with van der Waals surface area (Å²) in [5.41, 5.74) is 6.19. The Morgan fingerprint density at radius 2 is 2.06 bits per heavy atom. The third-order valence-corrected chi connectivity index (χ3v) is 3.13. The van der Waals surface area contributed by atoms with E-state index in [-0.39, 0.29) is 18.4 Å². The monoisotopic (exact) mass is 245 g/mol. The van der Waals surface area contributed by atoms with E-state index in [0.29, 0.717) is 5.92 Å². The summed E-state index contributed by atoms with van der Waals surface area (Å²) in [6, 6.07) is 4.07. The summed E-state index contributed by atoms with van der Waals surface area (Å²) in [4.78, 5) is 0. The van der Waals surface area contributed by atoms with Crippen LogP contribution in [-0.4, -0.2) is 13.2 Å². The molecule has 2 N–H and O–H groups in total. The van der Waals surface area contributed by atoms with Crippen molar-refractivity contribution in [3.8, 4) is 0 Å². The standard InChI is InChI=1S/C12H19NO2.ClH/c1-2-10-3-4-11(15-10)12(13)9-5-7-14-8-6-9;/h3-4,9,12H,2,5-8,13H2,1H3;1H/t12-;/m1./s1. The number of halogens is 1. The zero-order valence-corrected chi connectivity index (χ0v) is 10.5. The van der Waals surface area contributed by atoms with Crippen LogP contribution in [-0.2, 0) is 11.2 Å². The highest BCUT2D eigenvalue weighted by atomic mass is 35.5. The molecular formula is C12H20ClNO2. The summed E-state index contributed by atoms with van der Waals surface area (Å²) >= 11 is 0. The summed E-state index contributed by atoms with van der Waals surface area (Å²) in [6.45, 7) is 3.75. The van der Waals surface area contributed by atoms with Crippen LogP contribution in [0.4, 0.5) is 0 Å². The van der Waals surface area contributed by atoms with E-state index in [1.54, 1.807) is 0 Å². The lowest BCUT2D eigenvalue weighted by atomic mass is 9.91.